The van der Waals surface area contributed by atoms with Crippen molar-refractivity contribution in [2.24, 2.45) is 4.99 Å². The Morgan fingerprint density at radius 3 is 2.61 bits per heavy atom. The summed E-state index contributed by atoms with van der Waals surface area (Å²) in [5.41, 5.74) is 2.42. The molecule has 0 saturated heterocycles. The number of aliphatic imine (C=N–C) groups is 1. The largest absolute Gasteiger partial charge is 0.455 e. The average molecular weight is 306 g/mol. The molecule has 1 aromatic heterocycles. The van der Waals surface area contributed by atoms with Crippen molar-refractivity contribution >= 4 is 17.6 Å². The first kappa shape index (κ1) is 14.7. The van der Waals surface area contributed by atoms with Crippen molar-refractivity contribution in [3.63, 3.8) is 0 Å². The van der Waals surface area contributed by atoms with E-state index in [1.54, 1.807) is 12.3 Å². The lowest BCUT2D eigenvalue weighted by Crippen LogP contribution is -1.88. The third-order valence-corrected chi connectivity index (χ3v) is 3.42. The Morgan fingerprint density at radius 2 is 1.87 bits per heavy atom. The lowest BCUT2D eigenvalue weighted by atomic mass is 10.2. The number of non-ortho nitro benzene ring substituents is 1. The van der Waals surface area contributed by atoms with Gasteiger partial charge in [0.15, 0.2) is 0 Å². The fourth-order valence-electron chi connectivity index (χ4n) is 2.16. The van der Waals surface area contributed by atoms with Crippen LogP contribution in [0, 0.1) is 17.0 Å². The Morgan fingerprint density at radius 1 is 1.09 bits per heavy atom. The molecule has 1 heterocycles. The van der Waals surface area contributed by atoms with Crippen LogP contribution in [-0.4, -0.2) is 11.1 Å². The number of nitrogens with zero attached hydrogens (tertiary/aromatic N) is 2. The van der Waals surface area contributed by atoms with E-state index in [0.717, 1.165) is 16.9 Å². The highest BCUT2D eigenvalue weighted by atomic mass is 16.6. The maximum absolute atomic E-state index is 10.8. The topological polar surface area (TPSA) is 68.6 Å². The molecule has 0 atom stereocenters. The predicted molar refractivity (Wildman–Crippen MR) is 89.2 cm³/mol. The standard InChI is InChI=1S/C18H14N2O3/c1-13-7-8-15(20(21)22)11-17(13)19-12-16-9-10-18(23-16)14-5-3-2-4-6-14/h2-12H,1H3. The minimum Gasteiger partial charge on any atom is -0.455 e. The van der Waals surface area contributed by atoms with Crippen LogP contribution in [0.5, 0.6) is 0 Å². The van der Waals surface area contributed by atoms with Gasteiger partial charge in [-0.05, 0) is 24.6 Å². The van der Waals surface area contributed by atoms with Gasteiger partial charge in [-0.2, -0.15) is 0 Å². The molecule has 0 N–H and O–H groups in total. The second-order valence-corrected chi connectivity index (χ2v) is 5.05. The quantitative estimate of drug-likeness (QED) is 0.390. The second-order valence-electron chi connectivity index (χ2n) is 5.05. The molecular formula is C18H14N2O3. The van der Waals surface area contributed by atoms with Gasteiger partial charge in [0.05, 0.1) is 16.8 Å². The number of nitro benzene ring substituents is 1. The van der Waals surface area contributed by atoms with E-state index in [1.807, 2.05) is 49.4 Å². The molecule has 0 saturated carbocycles. The van der Waals surface area contributed by atoms with Crippen LogP contribution in [0.1, 0.15) is 11.3 Å². The highest BCUT2D eigenvalue weighted by Crippen LogP contribution is 2.25. The van der Waals surface area contributed by atoms with Gasteiger partial charge < -0.3 is 4.42 Å². The number of hydrogen-bond acceptors (Lipinski definition) is 4. The maximum atomic E-state index is 10.8. The maximum Gasteiger partial charge on any atom is 0.271 e. The summed E-state index contributed by atoms with van der Waals surface area (Å²) in [5.74, 6) is 1.34. The van der Waals surface area contributed by atoms with Crippen molar-refractivity contribution in [3.05, 3.63) is 82.1 Å². The predicted octanol–water partition coefficient (Wildman–Crippen LogP) is 4.91. The van der Waals surface area contributed by atoms with Gasteiger partial charge in [0.25, 0.3) is 5.69 Å². The molecule has 0 fully saturated rings. The number of furan rings is 1. The molecule has 3 rings (SSSR count). The summed E-state index contributed by atoms with van der Waals surface area (Å²) in [4.78, 5) is 14.7. The molecule has 0 spiro atoms. The van der Waals surface area contributed by atoms with E-state index >= 15 is 0 Å². The first-order valence-corrected chi connectivity index (χ1v) is 7.08. The van der Waals surface area contributed by atoms with Crippen LogP contribution >= 0.6 is 0 Å². The molecule has 23 heavy (non-hydrogen) atoms. The Labute approximate surface area is 133 Å². The van der Waals surface area contributed by atoms with E-state index in [0.29, 0.717) is 11.4 Å². The second kappa shape index (κ2) is 6.27. The summed E-state index contributed by atoms with van der Waals surface area (Å²) >= 11 is 0. The zero-order chi connectivity index (χ0) is 16.2. The highest BCUT2D eigenvalue weighted by Gasteiger charge is 2.08. The number of benzene rings is 2. The molecule has 0 unspecified atom stereocenters. The van der Waals surface area contributed by atoms with Gasteiger partial charge in [-0.15, -0.1) is 0 Å². The summed E-state index contributed by atoms with van der Waals surface area (Å²) < 4.78 is 5.73. The lowest BCUT2D eigenvalue weighted by Gasteiger charge is -1.99. The summed E-state index contributed by atoms with van der Waals surface area (Å²) in [6.07, 6.45) is 1.57. The zero-order valence-electron chi connectivity index (χ0n) is 12.5. The average Bonchev–Trinajstić information content (AvgIpc) is 3.03. The molecule has 0 amide bonds. The van der Waals surface area contributed by atoms with E-state index in [2.05, 4.69) is 4.99 Å². The molecule has 0 aliphatic carbocycles. The molecule has 3 aromatic rings. The van der Waals surface area contributed by atoms with Gasteiger partial charge in [-0.3, -0.25) is 15.1 Å². The minimum atomic E-state index is -0.432. The van der Waals surface area contributed by atoms with Crippen molar-refractivity contribution in [2.45, 2.75) is 6.92 Å². The van der Waals surface area contributed by atoms with Gasteiger partial charge in [-0.1, -0.05) is 36.4 Å². The number of hydrogen-bond donors (Lipinski definition) is 0. The molecule has 5 nitrogen and oxygen atoms in total. The van der Waals surface area contributed by atoms with Crippen molar-refractivity contribution in [1.29, 1.82) is 0 Å². The summed E-state index contributed by atoms with van der Waals surface area (Å²) in [5, 5.41) is 10.8. The Bertz CT molecular complexity index is 867. The van der Waals surface area contributed by atoms with Crippen molar-refractivity contribution in [1.82, 2.24) is 0 Å². The fourth-order valence-corrected chi connectivity index (χ4v) is 2.16. The Hall–Kier alpha value is -3.21. The highest BCUT2D eigenvalue weighted by molar-refractivity contribution is 5.80. The Kier molecular flexibility index (Phi) is 4.01. The van der Waals surface area contributed by atoms with Crippen molar-refractivity contribution in [2.75, 3.05) is 0 Å². The van der Waals surface area contributed by atoms with Crippen LogP contribution < -0.4 is 0 Å². The summed E-state index contributed by atoms with van der Waals surface area (Å²) in [6.45, 7) is 1.86. The van der Waals surface area contributed by atoms with E-state index < -0.39 is 4.92 Å². The normalized spacial score (nSPS) is 11.0. The SMILES string of the molecule is Cc1ccc([N+](=O)[O-])cc1N=Cc1ccc(-c2ccccc2)o1. The van der Waals surface area contributed by atoms with E-state index in [4.69, 9.17) is 4.42 Å². The van der Waals surface area contributed by atoms with Crippen LogP contribution in [0.3, 0.4) is 0 Å². The van der Waals surface area contributed by atoms with Crippen molar-refractivity contribution in [3.8, 4) is 11.3 Å². The van der Waals surface area contributed by atoms with Crippen LogP contribution in [0.2, 0.25) is 0 Å². The van der Waals surface area contributed by atoms with Gasteiger partial charge in [-0.25, -0.2) is 0 Å². The minimum absolute atomic E-state index is 0.0205. The Balaban J connectivity index is 1.85. The number of aryl methyl sites for hydroxylation is 1. The van der Waals surface area contributed by atoms with Gasteiger partial charge in [0.1, 0.15) is 11.5 Å². The monoisotopic (exact) mass is 306 g/mol. The number of rotatable bonds is 4. The van der Waals surface area contributed by atoms with E-state index in [9.17, 15) is 10.1 Å². The smallest absolute Gasteiger partial charge is 0.271 e. The van der Waals surface area contributed by atoms with Crippen LogP contribution in [0.15, 0.2) is 70.1 Å². The van der Waals surface area contributed by atoms with Gasteiger partial charge in [0.2, 0.25) is 0 Å². The van der Waals surface area contributed by atoms with Crippen LogP contribution in [0.25, 0.3) is 11.3 Å². The number of nitro groups is 1. The molecular weight excluding hydrogens is 292 g/mol. The third-order valence-electron chi connectivity index (χ3n) is 3.42. The summed E-state index contributed by atoms with van der Waals surface area (Å²) in [6, 6.07) is 18.0. The van der Waals surface area contributed by atoms with E-state index in [-0.39, 0.29) is 5.69 Å². The molecule has 0 aliphatic rings. The summed E-state index contributed by atoms with van der Waals surface area (Å²) in [7, 11) is 0. The van der Waals surface area contributed by atoms with Gasteiger partial charge >= 0.3 is 0 Å². The van der Waals surface area contributed by atoms with Crippen LogP contribution in [-0.2, 0) is 0 Å². The van der Waals surface area contributed by atoms with Crippen LogP contribution in [0.4, 0.5) is 11.4 Å². The fraction of sp³-hybridized carbons (Fsp3) is 0.0556. The zero-order valence-corrected chi connectivity index (χ0v) is 12.5. The molecule has 0 aliphatic heterocycles. The van der Waals surface area contributed by atoms with E-state index in [1.165, 1.54) is 12.1 Å². The molecule has 0 radical (unpaired) electrons. The van der Waals surface area contributed by atoms with Crippen molar-refractivity contribution < 1.29 is 9.34 Å². The molecule has 114 valence electrons. The molecule has 5 heteroatoms. The van der Waals surface area contributed by atoms with Gasteiger partial charge in [0, 0.05) is 17.7 Å². The lowest BCUT2D eigenvalue weighted by molar-refractivity contribution is -0.384. The third kappa shape index (κ3) is 3.35. The molecule has 0 bridgehead atoms. The first-order valence-electron chi connectivity index (χ1n) is 7.08. The first-order chi connectivity index (χ1) is 11.1. The molecule has 2 aromatic carbocycles.